The molecule has 0 aliphatic heterocycles. The lowest BCUT2D eigenvalue weighted by atomic mass is 10.1. The second kappa shape index (κ2) is 6.60. The SMILES string of the molecule is Cc1nnc(NCCC(C)S(C)=O)c(C(=O)O)c1C. The molecule has 0 bridgehead atoms. The molecule has 0 spiro atoms. The quantitative estimate of drug-likeness (QED) is 0.820. The van der Waals surface area contributed by atoms with Crippen molar-refractivity contribution >= 4 is 22.6 Å². The van der Waals surface area contributed by atoms with Crippen LogP contribution in [0.15, 0.2) is 0 Å². The van der Waals surface area contributed by atoms with Crippen molar-refractivity contribution in [3.05, 3.63) is 16.8 Å². The summed E-state index contributed by atoms with van der Waals surface area (Å²) in [5.41, 5.74) is 1.36. The van der Waals surface area contributed by atoms with Crippen LogP contribution in [0.3, 0.4) is 0 Å². The predicted octanol–water partition coefficient (Wildman–Crippen LogP) is 1.36. The van der Waals surface area contributed by atoms with Gasteiger partial charge < -0.3 is 10.4 Å². The highest BCUT2D eigenvalue weighted by atomic mass is 32.2. The maximum atomic E-state index is 11.2. The average molecular weight is 285 g/mol. The van der Waals surface area contributed by atoms with Crippen molar-refractivity contribution in [1.29, 1.82) is 0 Å². The summed E-state index contributed by atoms with van der Waals surface area (Å²) in [5.74, 6) is -0.755. The monoisotopic (exact) mass is 285 g/mol. The fourth-order valence-corrected chi connectivity index (χ4v) is 2.00. The Morgan fingerprint density at radius 2 is 2.05 bits per heavy atom. The molecule has 0 saturated heterocycles. The number of carboxylic acid groups (broad SMARTS) is 1. The lowest BCUT2D eigenvalue weighted by Gasteiger charge is -2.12. The average Bonchev–Trinajstić information content (AvgIpc) is 2.32. The third-order valence-corrected chi connectivity index (χ3v) is 4.45. The molecule has 2 N–H and O–H groups in total. The number of carboxylic acids is 1. The van der Waals surface area contributed by atoms with Gasteiger partial charge in [-0.15, -0.1) is 5.10 Å². The van der Waals surface area contributed by atoms with Crippen LogP contribution in [0.25, 0.3) is 0 Å². The summed E-state index contributed by atoms with van der Waals surface area (Å²) >= 11 is 0. The van der Waals surface area contributed by atoms with E-state index in [0.29, 0.717) is 24.2 Å². The Bertz CT molecular complexity index is 505. The molecular formula is C12H19N3O3S. The van der Waals surface area contributed by atoms with E-state index in [1.807, 2.05) is 6.92 Å². The van der Waals surface area contributed by atoms with Gasteiger partial charge in [0, 0.05) is 28.9 Å². The summed E-state index contributed by atoms with van der Waals surface area (Å²) in [6, 6.07) is 0. The minimum absolute atomic E-state index is 0.0558. The molecule has 1 aromatic heterocycles. The molecule has 0 fully saturated rings. The highest BCUT2D eigenvalue weighted by Crippen LogP contribution is 2.18. The Kier molecular flexibility index (Phi) is 5.41. The van der Waals surface area contributed by atoms with Gasteiger partial charge in [-0.05, 0) is 25.8 Å². The molecule has 2 atom stereocenters. The van der Waals surface area contributed by atoms with Crippen LogP contribution in [0.2, 0.25) is 0 Å². The van der Waals surface area contributed by atoms with Gasteiger partial charge in [0.05, 0.1) is 5.69 Å². The first-order valence-electron chi connectivity index (χ1n) is 5.97. The van der Waals surface area contributed by atoms with Crippen molar-refractivity contribution in [3.63, 3.8) is 0 Å². The van der Waals surface area contributed by atoms with E-state index in [9.17, 15) is 14.1 Å². The molecule has 0 aliphatic carbocycles. The summed E-state index contributed by atoms with van der Waals surface area (Å²) in [6.07, 6.45) is 2.33. The Morgan fingerprint density at radius 1 is 1.42 bits per heavy atom. The molecule has 2 unspecified atom stereocenters. The van der Waals surface area contributed by atoms with E-state index in [0.717, 1.165) is 0 Å². The van der Waals surface area contributed by atoms with Gasteiger partial charge in [0.15, 0.2) is 5.82 Å². The third-order valence-electron chi connectivity index (χ3n) is 3.08. The van der Waals surface area contributed by atoms with Crippen molar-refractivity contribution < 1.29 is 14.1 Å². The molecule has 1 heterocycles. The molecule has 106 valence electrons. The number of hydrogen-bond donors (Lipinski definition) is 2. The van der Waals surface area contributed by atoms with Gasteiger partial charge in [-0.2, -0.15) is 5.10 Å². The zero-order valence-electron chi connectivity index (χ0n) is 11.6. The van der Waals surface area contributed by atoms with E-state index in [1.54, 1.807) is 20.1 Å². The van der Waals surface area contributed by atoms with E-state index in [4.69, 9.17) is 0 Å². The molecule has 0 aliphatic rings. The molecular weight excluding hydrogens is 266 g/mol. The molecule has 7 heteroatoms. The Balaban J connectivity index is 2.82. The Hall–Kier alpha value is -1.50. The number of aromatic carboxylic acids is 1. The van der Waals surface area contributed by atoms with Gasteiger partial charge in [-0.3, -0.25) is 4.21 Å². The van der Waals surface area contributed by atoms with Gasteiger partial charge in [0.2, 0.25) is 0 Å². The number of aryl methyl sites for hydroxylation is 1. The first-order chi connectivity index (χ1) is 8.84. The summed E-state index contributed by atoms with van der Waals surface area (Å²) in [7, 11) is -0.883. The van der Waals surface area contributed by atoms with E-state index in [1.165, 1.54) is 0 Å². The van der Waals surface area contributed by atoms with Crippen LogP contribution in [0.5, 0.6) is 0 Å². The molecule has 1 rings (SSSR count). The normalized spacial score (nSPS) is 13.9. The predicted molar refractivity (Wildman–Crippen MR) is 75.1 cm³/mol. The minimum Gasteiger partial charge on any atom is -0.478 e. The summed E-state index contributed by atoms with van der Waals surface area (Å²) in [4.78, 5) is 11.2. The van der Waals surface area contributed by atoms with E-state index in [-0.39, 0.29) is 16.6 Å². The van der Waals surface area contributed by atoms with Gasteiger partial charge in [0.25, 0.3) is 0 Å². The first-order valence-corrected chi connectivity index (χ1v) is 7.60. The summed E-state index contributed by atoms with van der Waals surface area (Å²) < 4.78 is 11.2. The Labute approximate surface area is 115 Å². The second-order valence-corrected chi connectivity index (χ2v) is 6.27. The van der Waals surface area contributed by atoms with E-state index >= 15 is 0 Å². The Morgan fingerprint density at radius 3 is 2.58 bits per heavy atom. The van der Waals surface area contributed by atoms with E-state index in [2.05, 4.69) is 15.5 Å². The smallest absolute Gasteiger partial charge is 0.339 e. The molecule has 0 amide bonds. The first kappa shape index (κ1) is 15.6. The second-order valence-electron chi connectivity index (χ2n) is 4.46. The number of rotatable bonds is 6. The van der Waals surface area contributed by atoms with Crippen LogP contribution >= 0.6 is 0 Å². The van der Waals surface area contributed by atoms with Crippen LogP contribution in [-0.2, 0) is 10.8 Å². The van der Waals surface area contributed by atoms with Crippen LogP contribution in [-0.4, -0.2) is 43.5 Å². The topological polar surface area (TPSA) is 92.2 Å². The number of hydrogen-bond acceptors (Lipinski definition) is 5. The van der Waals surface area contributed by atoms with Crippen molar-refractivity contribution in [2.75, 3.05) is 18.1 Å². The van der Waals surface area contributed by atoms with Crippen LogP contribution in [0, 0.1) is 13.8 Å². The number of nitrogens with zero attached hydrogens (tertiary/aromatic N) is 2. The van der Waals surface area contributed by atoms with Crippen molar-refractivity contribution in [3.8, 4) is 0 Å². The zero-order valence-corrected chi connectivity index (χ0v) is 12.4. The summed E-state index contributed by atoms with van der Waals surface area (Å²) in [6.45, 7) is 5.84. The molecule has 0 aromatic carbocycles. The van der Waals surface area contributed by atoms with Crippen molar-refractivity contribution in [1.82, 2.24) is 10.2 Å². The van der Waals surface area contributed by atoms with Gasteiger partial charge in [0.1, 0.15) is 5.56 Å². The molecule has 6 nitrogen and oxygen atoms in total. The zero-order chi connectivity index (χ0) is 14.6. The molecule has 19 heavy (non-hydrogen) atoms. The maximum absolute atomic E-state index is 11.2. The standard InChI is InChI=1S/C12H19N3O3S/c1-7(19(4)18)5-6-13-11-10(12(16)17)8(2)9(3)14-15-11/h7H,5-6H2,1-4H3,(H,13,15)(H,16,17). The largest absolute Gasteiger partial charge is 0.478 e. The number of anilines is 1. The van der Waals surface area contributed by atoms with Gasteiger partial charge in [-0.1, -0.05) is 6.92 Å². The molecule has 0 radical (unpaired) electrons. The fraction of sp³-hybridized carbons (Fsp3) is 0.583. The lowest BCUT2D eigenvalue weighted by molar-refractivity contribution is 0.0696. The number of carbonyl (C=O) groups is 1. The lowest BCUT2D eigenvalue weighted by Crippen LogP contribution is -2.18. The van der Waals surface area contributed by atoms with Crippen molar-refractivity contribution in [2.45, 2.75) is 32.4 Å². The molecule has 1 aromatic rings. The van der Waals surface area contributed by atoms with Crippen LogP contribution in [0.1, 0.15) is 35.0 Å². The van der Waals surface area contributed by atoms with Crippen LogP contribution < -0.4 is 5.32 Å². The third kappa shape index (κ3) is 3.99. The fourth-order valence-electron chi connectivity index (χ4n) is 1.55. The van der Waals surface area contributed by atoms with Gasteiger partial charge in [-0.25, -0.2) is 4.79 Å². The maximum Gasteiger partial charge on any atom is 0.339 e. The summed E-state index contributed by atoms with van der Waals surface area (Å²) in [5, 5.41) is 20.0. The van der Waals surface area contributed by atoms with Crippen LogP contribution in [0.4, 0.5) is 5.82 Å². The molecule has 0 saturated carbocycles. The van der Waals surface area contributed by atoms with E-state index < -0.39 is 16.8 Å². The number of aromatic nitrogens is 2. The number of nitrogens with one attached hydrogen (secondary N) is 1. The highest BCUT2D eigenvalue weighted by Gasteiger charge is 2.17. The highest BCUT2D eigenvalue weighted by molar-refractivity contribution is 7.84. The minimum atomic E-state index is -1.02. The van der Waals surface area contributed by atoms with Crippen molar-refractivity contribution in [2.24, 2.45) is 0 Å². The van der Waals surface area contributed by atoms with Gasteiger partial charge >= 0.3 is 5.97 Å².